The number of amides is 1. The van der Waals surface area contributed by atoms with Gasteiger partial charge in [-0.1, -0.05) is 35.9 Å². The molecule has 0 saturated carbocycles. The number of para-hydroxylation sites is 2. The first-order chi connectivity index (χ1) is 12.6. The highest BCUT2D eigenvalue weighted by atomic mass is 35.5. The summed E-state index contributed by atoms with van der Waals surface area (Å²) >= 11 is 6.23. The van der Waals surface area contributed by atoms with E-state index < -0.39 is 4.92 Å². The van der Waals surface area contributed by atoms with Crippen LogP contribution in [0.15, 0.2) is 54.6 Å². The summed E-state index contributed by atoms with van der Waals surface area (Å²) in [6.45, 7) is 2.53. The van der Waals surface area contributed by atoms with Gasteiger partial charge in [0.25, 0.3) is 5.69 Å². The van der Waals surface area contributed by atoms with Crippen molar-refractivity contribution < 1.29 is 9.72 Å². The fourth-order valence-corrected chi connectivity index (χ4v) is 3.19. The fourth-order valence-electron chi connectivity index (χ4n) is 2.94. The summed E-state index contributed by atoms with van der Waals surface area (Å²) in [6.07, 6.45) is 2.90. The summed E-state index contributed by atoms with van der Waals surface area (Å²) in [5.74, 6) is -0.151. The molecule has 1 amide bonds. The average molecular weight is 372 g/mol. The largest absolute Gasteiger partial charge is 0.367 e. The van der Waals surface area contributed by atoms with Crippen molar-refractivity contribution in [1.29, 1.82) is 0 Å². The lowest BCUT2D eigenvalue weighted by atomic mass is 10.1. The van der Waals surface area contributed by atoms with Gasteiger partial charge in [0.2, 0.25) is 5.91 Å². The number of hydrogen-bond acceptors (Lipinski definition) is 4. The first kappa shape index (κ1) is 17.9. The Kier molecular flexibility index (Phi) is 5.53. The molecule has 3 rings (SSSR count). The summed E-state index contributed by atoms with van der Waals surface area (Å²) in [5, 5.41) is 11.7. The number of anilines is 1. The molecule has 0 bridgehead atoms. The van der Waals surface area contributed by atoms with Gasteiger partial charge in [-0.25, -0.2) is 0 Å². The molecule has 26 heavy (non-hydrogen) atoms. The standard InChI is InChI=1S/C19H18ClN3O3/c20-16-6-2-4-8-18(16)21-11-13-22(14-12-21)19(24)10-9-15-5-1-3-7-17(15)23(25)26/h1-10H,11-14H2/b10-9+. The summed E-state index contributed by atoms with van der Waals surface area (Å²) in [6, 6.07) is 14.0. The van der Waals surface area contributed by atoms with Gasteiger partial charge in [-0.3, -0.25) is 14.9 Å². The van der Waals surface area contributed by atoms with E-state index in [1.165, 1.54) is 18.2 Å². The fraction of sp³-hybridized carbons (Fsp3) is 0.211. The molecule has 1 fully saturated rings. The summed E-state index contributed by atoms with van der Waals surface area (Å²) in [7, 11) is 0. The SMILES string of the molecule is O=C(/C=C/c1ccccc1[N+](=O)[O-])N1CCN(c2ccccc2Cl)CC1. The molecule has 134 valence electrons. The molecule has 7 heteroatoms. The van der Waals surface area contributed by atoms with Gasteiger partial charge in [-0.2, -0.15) is 0 Å². The number of carbonyl (C=O) groups excluding carboxylic acids is 1. The predicted molar refractivity (Wildman–Crippen MR) is 102 cm³/mol. The number of nitro benzene ring substituents is 1. The molecule has 0 spiro atoms. The van der Waals surface area contributed by atoms with Crippen LogP contribution in [-0.4, -0.2) is 41.9 Å². The van der Waals surface area contributed by atoms with Gasteiger partial charge >= 0.3 is 0 Å². The zero-order chi connectivity index (χ0) is 18.5. The molecular weight excluding hydrogens is 354 g/mol. The summed E-state index contributed by atoms with van der Waals surface area (Å²) in [4.78, 5) is 26.8. The molecule has 6 nitrogen and oxygen atoms in total. The highest BCUT2D eigenvalue weighted by Gasteiger charge is 2.21. The number of benzene rings is 2. The Labute approximate surface area is 156 Å². The van der Waals surface area contributed by atoms with Crippen molar-refractivity contribution in [2.45, 2.75) is 0 Å². The van der Waals surface area contributed by atoms with Gasteiger partial charge in [0.15, 0.2) is 0 Å². The van der Waals surface area contributed by atoms with Crippen LogP contribution in [0.2, 0.25) is 5.02 Å². The molecule has 2 aromatic carbocycles. The highest BCUT2D eigenvalue weighted by molar-refractivity contribution is 6.33. The minimum Gasteiger partial charge on any atom is -0.367 e. The molecule has 1 aliphatic rings. The van der Waals surface area contributed by atoms with Crippen LogP contribution in [0.25, 0.3) is 6.08 Å². The second-order valence-corrected chi connectivity index (χ2v) is 6.32. The maximum absolute atomic E-state index is 12.4. The van der Waals surface area contributed by atoms with Crippen molar-refractivity contribution in [2.24, 2.45) is 0 Å². The zero-order valence-corrected chi connectivity index (χ0v) is 14.8. The number of rotatable bonds is 4. The molecule has 0 aromatic heterocycles. The van der Waals surface area contributed by atoms with Gasteiger partial charge in [0, 0.05) is 38.3 Å². The zero-order valence-electron chi connectivity index (χ0n) is 14.0. The van der Waals surface area contributed by atoms with Crippen molar-refractivity contribution >= 4 is 35.0 Å². The normalized spacial score (nSPS) is 14.7. The highest BCUT2D eigenvalue weighted by Crippen LogP contribution is 2.26. The maximum atomic E-state index is 12.4. The predicted octanol–water partition coefficient (Wildman–Crippen LogP) is 3.61. The van der Waals surface area contributed by atoms with Crippen LogP contribution in [0.5, 0.6) is 0 Å². The van der Waals surface area contributed by atoms with Gasteiger partial charge in [-0.05, 0) is 24.3 Å². The number of piperazine rings is 1. The van der Waals surface area contributed by atoms with Crippen LogP contribution in [0, 0.1) is 10.1 Å². The van der Waals surface area contributed by atoms with Crippen LogP contribution in [0.3, 0.4) is 0 Å². The van der Waals surface area contributed by atoms with Gasteiger partial charge in [0.1, 0.15) is 0 Å². The molecule has 0 atom stereocenters. The van der Waals surface area contributed by atoms with Crippen molar-refractivity contribution in [1.82, 2.24) is 4.90 Å². The third-order valence-corrected chi connectivity index (χ3v) is 4.64. The van der Waals surface area contributed by atoms with Crippen molar-refractivity contribution in [3.63, 3.8) is 0 Å². The Bertz CT molecular complexity index is 845. The van der Waals surface area contributed by atoms with Gasteiger partial charge in [-0.15, -0.1) is 0 Å². The topological polar surface area (TPSA) is 66.7 Å². The Balaban J connectivity index is 1.63. The van der Waals surface area contributed by atoms with E-state index in [0.717, 1.165) is 5.69 Å². The van der Waals surface area contributed by atoms with Crippen LogP contribution in [-0.2, 0) is 4.79 Å². The Hall–Kier alpha value is -2.86. The van der Waals surface area contributed by atoms with Crippen LogP contribution in [0.4, 0.5) is 11.4 Å². The Morgan fingerprint density at radius 3 is 2.38 bits per heavy atom. The van der Waals surface area contributed by atoms with Crippen molar-refractivity contribution in [2.75, 3.05) is 31.1 Å². The minimum atomic E-state index is -0.452. The molecule has 0 unspecified atom stereocenters. The molecule has 2 aromatic rings. The monoisotopic (exact) mass is 371 g/mol. The van der Waals surface area contributed by atoms with Crippen LogP contribution < -0.4 is 4.90 Å². The number of nitro groups is 1. The van der Waals surface area contributed by atoms with Crippen LogP contribution in [0.1, 0.15) is 5.56 Å². The van der Waals surface area contributed by atoms with Crippen LogP contribution >= 0.6 is 11.6 Å². The number of carbonyl (C=O) groups is 1. The van der Waals surface area contributed by atoms with E-state index in [9.17, 15) is 14.9 Å². The van der Waals surface area contributed by atoms with E-state index in [1.54, 1.807) is 23.1 Å². The molecule has 0 aliphatic carbocycles. The average Bonchev–Trinajstić information content (AvgIpc) is 2.67. The lowest BCUT2D eigenvalue weighted by molar-refractivity contribution is -0.385. The third kappa shape index (κ3) is 4.03. The van der Waals surface area contributed by atoms with E-state index >= 15 is 0 Å². The Morgan fingerprint density at radius 2 is 1.69 bits per heavy atom. The molecule has 1 saturated heterocycles. The smallest absolute Gasteiger partial charge is 0.276 e. The number of nitrogens with zero attached hydrogens (tertiary/aromatic N) is 3. The first-order valence-electron chi connectivity index (χ1n) is 8.26. The van der Waals surface area contributed by atoms with Crippen molar-refractivity contribution in [3.05, 3.63) is 75.3 Å². The lowest BCUT2D eigenvalue weighted by Gasteiger charge is -2.36. The van der Waals surface area contributed by atoms with Gasteiger partial charge in [0.05, 0.1) is 21.2 Å². The van der Waals surface area contributed by atoms with E-state index in [-0.39, 0.29) is 11.6 Å². The van der Waals surface area contributed by atoms with Crippen molar-refractivity contribution in [3.8, 4) is 0 Å². The Morgan fingerprint density at radius 1 is 1.04 bits per heavy atom. The molecule has 0 N–H and O–H groups in total. The second-order valence-electron chi connectivity index (χ2n) is 5.91. The van der Waals surface area contributed by atoms with Gasteiger partial charge < -0.3 is 9.80 Å². The quantitative estimate of drug-likeness (QED) is 0.468. The number of hydrogen-bond donors (Lipinski definition) is 0. The summed E-state index contributed by atoms with van der Waals surface area (Å²) < 4.78 is 0. The van der Waals surface area contributed by atoms with E-state index in [0.29, 0.717) is 36.8 Å². The molecule has 1 aliphatic heterocycles. The second kappa shape index (κ2) is 8.01. The summed E-state index contributed by atoms with van der Waals surface area (Å²) in [5.41, 5.74) is 1.37. The van der Waals surface area contributed by atoms with E-state index in [4.69, 9.17) is 11.6 Å². The lowest BCUT2D eigenvalue weighted by Crippen LogP contribution is -2.48. The third-order valence-electron chi connectivity index (χ3n) is 4.32. The number of halogens is 1. The van der Waals surface area contributed by atoms with E-state index in [1.807, 2.05) is 24.3 Å². The molecule has 1 heterocycles. The minimum absolute atomic E-state index is 0.0138. The van der Waals surface area contributed by atoms with E-state index in [2.05, 4.69) is 4.90 Å². The molecule has 0 radical (unpaired) electrons. The first-order valence-corrected chi connectivity index (χ1v) is 8.64. The molecular formula is C19H18ClN3O3. The maximum Gasteiger partial charge on any atom is 0.276 e.